The highest BCUT2D eigenvalue weighted by atomic mass is 35.5. The molecule has 3 rings (SSSR count). The summed E-state index contributed by atoms with van der Waals surface area (Å²) in [6.07, 6.45) is 3.15. The van der Waals surface area contributed by atoms with Crippen LogP contribution in [0.3, 0.4) is 0 Å². The van der Waals surface area contributed by atoms with Gasteiger partial charge in [0.1, 0.15) is 0 Å². The summed E-state index contributed by atoms with van der Waals surface area (Å²) in [6, 6.07) is 9.16. The van der Waals surface area contributed by atoms with Gasteiger partial charge in [-0.3, -0.25) is 10.1 Å². The van der Waals surface area contributed by atoms with Crippen molar-refractivity contribution in [3.63, 3.8) is 0 Å². The number of methoxy groups -OCH3 is 2. The lowest BCUT2D eigenvalue weighted by molar-refractivity contribution is -0.111. The van der Waals surface area contributed by atoms with Crippen molar-refractivity contribution < 1.29 is 14.3 Å². The van der Waals surface area contributed by atoms with Crippen LogP contribution >= 0.6 is 22.9 Å². The average Bonchev–Trinajstić information content (AvgIpc) is 3.06. The first kappa shape index (κ1) is 18.2. The standard InChI is InChI=1S/C19H17ClN2O3S/c1-11-13(20)6-8-16-18(11)22-19(26-16)21-17(23)9-5-12-4-7-14(24-2)15(10-12)25-3/h4-10H,1-3H3,(H,21,22,23)/b9-5+. The summed E-state index contributed by atoms with van der Waals surface area (Å²) in [5, 5.41) is 3.98. The van der Waals surface area contributed by atoms with Gasteiger partial charge in [-0.05, 0) is 48.4 Å². The third-order valence-electron chi connectivity index (χ3n) is 3.81. The van der Waals surface area contributed by atoms with Crippen molar-refractivity contribution in [1.29, 1.82) is 0 Å². The van der Waals surface area contributed by atoms with Gasteiger partial charge in [0.25, 0.3) is 0 Å². The number of thiazole rings is 1. The maximum absolute atomic E-state index is 12.2. The van der Waals surface area contributed by atoms with Crippen molar-refractivity contribution in [1.82, 2.24) is 4.98 Å². The lowest BCUT2D eigenvalue weighted by atomic mass is 10.2. The summed E-state index contributed by atoms with van der Waals surface area (Å²) in [5.74, 6) is 0.980. The van der Waals surface area contributed by atoms with Crippen LogP contribution < -0.4 is 14.8 Å². The van der Waals surface area contributed by atoms with E-state index in [1.165, 1.54) is 17.4 Å². The van der Waals surface area contributed by atoms with Crippen molar-refractivity contribution >= 4 is 50.3 Å². The second-order valence-electron chi connectivity index (χ2n) is 5.48. The number of carbonyl (C=O) groups excluding carboxylic acids is 1. The predicted octanol–water partition coefficient (Wildman–Crippen LogP) is 4.93. The van der Waals surface area contributed by atoms with Gasteiger partial charge in [-0.25, -0.2) is 4.98 Å². The van der Waals surface area contributed by atoms with Crippen LogP contribution in [0.4, 0.5) is 5.13 Å². The number of nitrogens with one attached hydrogen (secondary N) is 1. The quantitative estimate of drug-likeness (QED) is 0.630. The molecule has 0 saturated carbocycles. The average molecular weight is 389 g/mol. The Balaban J connectivity index is 1.74. The van der Waals surface area contributed by atoms with E-state index in [2.05, 4.69) is 10.3 Å². The van der Waals surface area contributed by atoms with Crippen molar-refractivity contribution in [2.45, 2.75) is 6.92 Å². The Kier molecular flexibility index (Phi) is 5.44. The van der Waals surface area contributed by atoms with E-state index in [-0.39, 0.29) is 5.91 Å². The molecular weight excluding hydrogens is 372 g/mol. The number of aromatic nitrogens is 1. The number of benzene rings is 2. The Morgan fingerprint density at radius 1 is 1.19 bits per heavy atom. The zero-order valence-electron chi connectivity index (χ0n) is 14.5. The number of fused-ring (bicyclic) bond motifs is 1. The molecule has 0 atom stereocenters. The van der Waals surface area contributed by atoms with Crippen LogP contribution in [0, 0.1) is 6.92 Å². The number of nitrogens with zero attached hydrogens (tertiary/aromatic N) is 1. The number of carbonyl (C=O) groups is 1. The van der Waals surface area contributed by atoms with Crippen LogP contribution in [0.2, 0.25) is 5.02 Å². The van der Waals surface area contributed by atoms with Gasteiger partial charge in [0.15, 0.2) is 16.6 Å². The summed E-state index contributed by atoms with van der Waals surface area (Å²) in [4.78, 5) is 16.6. The van der Waals surface area contributed by atoms with E-state index in [1.807, 2.05) is 25.1 Å². The SMILES string of the molecule is COc1ccc(/C=C/C(=O)Nc2nc3c(C)c(Cl)ccc3s2)cc1OC. The number of ether oxygens (including phenoxy) is 2. The molecule has 0 radical (unpaired) electrons. The monoisotopic (exact) mass is 388 g/mol. The van der Waals surface area contributed by atoms with Crippen molar-refractivity contribution in [3.05, 3.63) is 52.6 Å². The molecule has 3 aromatic rings. The fourth-order valence-corrected chi connectivity index (χ4v) is 3.51. The Morgan fingerprint density at radius 3 is 2.69 bits per heavy atom. The molecule has 5 nitrogen and oxygen atoms in total. The minimum Gasteiger partial charge on any atom is -0.493 e. The Bertz CT molecular complexity index is 998. The fourth-order valence-electron chi connectivity index (χ4n) is 2.43. The van der Waals surface area contributed by atoms with Gasteiger partial charge in [0, 0.05) is 11.1 Å². The highest BCUT2D eigenvalue weighted by molar-refractivity contribution is 7.22. The van der Waals surface area contributed by atoms with E-state index in [1.54, 1.807) is 32.4 Å². The van der Waals surface area contributed by atoms with E-state index < -0.39 is 0 Å². The zero-order chi connectivity index (χ0) is 18.7. The summed E-state index contributed by atoms with van der Waals surface area (Å²) in [6.45, 7) is 1.91. The minimum atomic E-state index is -0.261. The van der Waals surface area contributed by atoms with Crippen molar-refractivity contribution in [2.75, 3.05) is 19.5 Å². The number of hydrogen-bond donors (Lipinski definition) is 1. The number of amides is 1. The highest BCUT2D eigenvalue weighted by Gasteiger charge is 2.10. The second kappa shape index (κ2) is 7.76. The van der Waals surface area contributed by atoms with Gasteiger partial charge in [-0.15, -0.1) is 0 Å². The number of hydrogen-bond acceptors (Lipinski definition) is 5. The van der Waals surface area contributed by atoms with Crippen LogP contribution in [-0.4, -0.2) is 25.1 Å². The molecule has 0 unspecified atom stereocenters. The fraction of sp³-hybridized carbons (Fsp3) is 0.158. The summed E-state index contributed by atoms with van der Waals surface area (Å²) >= 11 is 7.52. The molecule has 134 valence electrons. The molecule has 1 aromatic heterocycles. The normalized spacial score (nSPS) is 11.1. The highest BCUT2D eigenvalue weighted by Crippen LogP contribution is 2.32. The molecule has 0 spiro atoms. The molecule has 1 heterocycles. The molecule has 1 N–H and O–H groups in total. The minimum absolute atomic E-state index is 0.261. The molecule has 0 aliphatic carbocycles. The van der Waals surface area contributed by atoms with Gasteiger partial charge < -0.3 is 9.47 Å². The summed E-state index contributed by atoms with van der Waals surface area (Å²) < 4.78 is 11.4. The van der Waals surface area contributed by atoms with Gasteiger partial charge in [-0.2, -0.15) is 0 Å². The number of aryl methyl sites for hydroxylation is 1. The topological polar surface area (TPSA) is 60.5 Å². The molecule has 1 amide bonds. The predicted molar refractivity (Wildman–Crippen MR) is 107 cm³/mol. The smallest absolute Gasteiger partial charge is 0.250 e. The molecule has 26 heavy (non-hydrogen) atoms. The maximum Gasteiger partial charge on any atom is 0.250 e. The lowest BCUT2D eigenvalue weighted by Crippen LogP contribution is -2.07. The van der Waals surface area contributed by atoms with Crippen LogP contribution in [0.1, 0.15) is 11.1 Å². The Hall–Kier alpha value is -2.57. The third-order valence-corrected chi connectivity index (χ3v) is 5.16. The Labute approximate surface area is 160 Å². The van der Waals surface area contributed by atoms with Crippen molar-refractivity contribution in [3.8, 4) is 11.5 Å². The Morgan fingerprint density at radius 2 is 1.96 bits per heavy atom. The third kappa shape index (κ3) is 3.81. The van der Waals surface area contributed by atoms with Crippen molar-refractivity contribution in [2.24, 2.45) is 0 Å². The first-order valence-electron chi connectivity index (χ1n) is 7.78. The summed E-state index contributed by atoms with van der Waals surface area (Å²) in [5.41, 5.74) is 2.54. The largest absolute Gasteiger partial charge is 0.493 e. The van der Waals surface area contributed by atoms with E-state index in [0.717, 1.165) is 21.3 Å². The molecule has 0 saturated heterocycles. The van der Waals surface area contributed by atoms with Gasteiger partial charge in [0.2, 0.25) is 5.91 Å². The van der Waals surface area contributed by atoms with E-state index in [0.29, 0.717) is 21.7 Å². The first-order valence-corrected chi connectivity index (χ1v) is 8.98. The number of rotatable bonds is 5. The molecule has 7 heteroatoms. The van der Waals surface area contributed by atoms with E-state index in [9.17, 15) is 4.79 Å². The number of anilines is 1. The molecule has 0 aliphatic rings. The van der Waals surface area contributed by atoms with Gasteiger partial charge >= 0.3 is 0 Å². The molecule has 0 fully saturated rings. The van der Waals surface area contributed by atoms with E-state index in [4.69, 9.17) is 21.1 Å². The van der Waals surface area contributed by atoms with Crippen LogP contribution in [0.5, 0.6) is 11.5 Å². The summed E-state index contributed by atoms with van der Waals surface area (Å²) in [7, 11) is 3.15. The van der Waals surface area contributed by atoms with Crippen LogP contribution in [0.15, 0.2) is 36.4 Å². The lowest BCUT2D eigenvalue weighted by Gasteiger charge is -2.07. The molecular formula is C19H17ClN2O3S. The number of halogens is 1. The first-order chi connectivity index (χ1) is 12.5. The van der Waals surface area contributed by atoms with E-state index >= 15 is 0 Å². The molecule has 0 bridgehead atoms. The van der Waals surface area contributed by atoms with Gasteiger partial charge in [-0.1, -0.05) is 29.0 Å². The van der Waals surface area contributed by atoms with Crippen LogP contribution in [0.25, 0.3) is 16.3 Å². The maximum atomic E-state index is 12.2. The van der Waals surface area contributed by atoms with Gasteiger partial charge in [0.05, 0.1) is 24.4 Å². The molecule has 2 aromatic carbocycles. The second-order valence-corrected chi connectivity index (χ2v) is 6.91. The van der Waals surface area contributed by atoms with Crippen LogP contribution in [-0.2, 0) is 4.79 Å². The molecule has 0 aliphatic heterocycles. The zero-order valence-corrected chi connectivity index (χ0v) is 16.1.